The smallest absolute Gasteiger partial charge is 0.194 e. The van der Waals surface area contributed by atoms with Gasteiger partial charge in [-0.2, -0.15) is 0 Å². The number of hydrogen-bond donors (Lipinski definition) is 1. The zero-order chi connectivity index (χ0) is 18.2. The maximum atomic E-state index is 4.92. The highest BCUT2D eigenvalue weighted by Gasteiger charge is 2.20. The van der Waals surface area contributed by atoms with Crippen LogP contribution < -0.4 is 5.32 Å². The minimum atomic E-state index is 0. The highest BCUT2D eigenvalue weighted by Crippen LogP contribution is 2.08. The van der Waals surface area contributed by atoms with Crippen LogP contribution in [0.5, 0.6) is 0 Å². The molecule has 1 fully saturated rings. The molecule has 1 aliphatic heterocycles. The van der Waals surface area contributed by atoms with Crippen molar-refractivity contribution in [1.82, 2.24) is 20.3 Å². The molecule has 0 atom stereocenters. The molecule has 148 valence electrons. The minimum absolute atomic E-state index is 0. The molecule has 0 amide bonds. The third-order valence-corrected chi connectivity index (χ3v) is 4.63. The second kappa shape index (κ2) is 11.3. The molecule has 0 radical (unpaired) electrons. The summed E-state index contributed by atoms with van der Waals surface area (Å²) in [7, 11) is 0. The lowest BCUT2D eigenvalue weighted by Gasteiger charge is -2.36. The highest BCUT2D eigenvalue weighted by atomic mass is 127. The molecule has 27 heavy (non-hydrogen) atoms. The van der Waals surface area contributed by atoms with Crippen molar-refractivity contribution < 1.29 is 4.52 Å². The van der Waals surface area contributed by atoms with Crippen molar-refractivity contribution in [2.45, 2.75) is 26.8 Å². The van der Waals surface area contributed by atoms with E-state index in [1.54, 1.807) is 6.26 Å². The number of nitrogens with one attached hydrogen (secondary N) is 1. The van der Waals surface area contributed by atoms with E-state index in [1.165, 1.54) is 11.1 Å². The van der Waals surface area contributed by atoms with E-state index in [2.05, 4.69) is 58.4 Å². The van der Waals surface area contributed by atoms with E-state index in [0.717, 1.165) is 63.9 Å². The van der Waals surface area contributed by atoms with Crippen LogP contribution in [0.1, 0.15) is 23.7 Å². The van der Waals surface area contributed by atoms with Gasteiger partial charge in [0.2, 0.25) is 0 Å². The van der Waals surface area contributed by atoms with Gasteiger partial charge >= 0.3 is 0 Å². The Labute approximate surface area is 179 Å². The average Bonchev–Trinajstić information content (AvgIpc) is 3.15. The van der Waals surface area contributed by atoms with Gasteiger partial charge in [0.05, 0.1) is 5.69 Å². The fourth-order valence-corrected chi connectivity index (χ4v) is 3.25. The van der Waals surface area contributed by atoms with Crippen LogP contribution in [-0.2, 0) is 13.0 Å². The number of rotatable bonds is 6. The Morgan fingerprint density at radius 2 is 2.04 bits per heavy atom. The van der Waals surface area contributed by atoms with Gasteiger partial charge in [0.15, 0.2) is 5.96 Å². The molecule has 1 aromatic carbocycles. The van der Waals surface area contributed by atoms with Gasteiger partial charge in [-0.25, -0.2) is 0 Å². The summed E-state index contributed by atoms with van der Waals surface area (Å²) < 4.78 is 4.92. The van der Waals surface area contributed by atoms with E-state index in [-0.39, 0.29) is 24.0 Å². The SMILES string of the molecule is CCNC(=NCCc1cccc(C)c1)N1CCN(Cc2ccon2)CC1.I. The molecule has 3 rings (SSSR count). The number of halogens is 1. The molecule has 0 bridgehead atoms. The lowest BCUT2D eigenvalue weighted by molar-refractivity contribution is 0.169. The van der Waals surface area contributed by atoms with E-state index >= 15 is 0 Å². The largest absolute Gasteiger partial charge is 0.364 e. The molecule has 0 aliphatic carbocycles. The van der Waals surface area contributed by atoms with Crippen LogP contribution in [-0.4, -0.2) is 60.2 Å². The first kappa shape index (κ1) is 21.7. The summed E-state index contributed by atoms with van der Waals surface area (Å²) in [6.45, 7) is 10.8. The zero-order valence-corrected chi connectivity index (χ0v) is 18.6. The summed E-state index contributed by atoms with van der Waals surface area (Å²) in [4.78, 5) is 9.62. The maximum absolute atomic E-state index is 4.92. The fraction of sp³-hybridized carbons (Fsp3) is 0.500. The van der Waals surface area contributed by atoms with Gasteiger partial charge in [-0.1, -0.05) is 35.0 Å². The second-order valence-electron chi connectivity index (χ2n) is 6.73. The summed E-state index contributed by atoms with van der Waals surface area (Å²) in [5.74, 6) is 1.03. The van der Waals surface area contributed by atoms with Gasteiger partial charge in [0.1, 0.15) is 6.26 Å². The monoisotopic (exact) mass is 483 g/mol. The fourth-order valence-electron chi connectivity index (χ4n) is 3.25. The van der Waals surface area contributed by atoms with Gasteiger partial charge in [-0.05, 0) is 25.8 Å². The first-order valence-electron chi connectivity index (χ1n) is 9.45. The predicted octanol–water partition coefficient (Wildman–Crippen LogP) is 2.93. The van der Waals surface area contributed by atoms with Gasteiger partial charge in [-0.15, -0.1) is 24.0 Å². The molecule has 0 spiro atoms. The summed E-state index contributed by atoms with van der Waals surface area (Å²) in [6, 6.07) is 10.6. The zero-order valence-electron chi connectivity index (χ0n) is 16.2. The Morgan fingerprint density at radius 3 is 2.70 bits per heavy atom. The Kier molecular flexibility index (Phi) is 9.06. The van der Waals surface area contributed by atoms with E-state index < -0.39 is 0 Å². The van der Waals surface area contributed by atoms with E-state index in [9.17, 15) is 0 Å². The van der Waals surface area contributed by atoms with Crippen molar-refractivity contribution in [2.24, 2.45) is 4.99 Å². The summed E-state index contributed by atoms with van der Waals surface area (Å²) in [6.07, 6.45) is 2.61. The van der Waals surface area contributed by atoms with Crippen LogP contribution in [0, 0.1) is 6.92 Å². The molecule has 0 unspecified atom stereocenters. The molecule has 6 nitrogen and oxygen atoms in total. The number of piperazine rings is 1. The molecular formula is C20H30IN5O. The third kappa shape index (κ3) is 6.80. The number of nitrogens with zero attached hydrogens (tertiary/aromatic N) is 4. The van der Waals surface area contributed by atoms with Crippen LogP contribution >= 0.6 is 24.0 Å². The van der Waals surface area contributed by atoms with Crippen molar-refractivity contribution in [1.29, 1.82) is 0 Å². The molecule has 7 heteroatoms. The number of guanidine groups is 1. The van der Waals surface area contributed by atoms with E-state index in [0.29, 0.717) is 0 Å². The van der Waals surface area contributed by atoms with Crippen LogP contribution in [0.15, 0.2) is 46.1 Å². The number of aryl methyl sites for hydroxylation is 1. The van der Waals surface area contributed by atoms with Gasteiger partial charge in [0, 0.05) is 51.9 Å². The molecule has 1 saturated heterocycles. The first-order valence-corrected chi connectivity index (χ1v) is 9.45. The van der Waals surface area contributed by atoms with Gasteiger partial charge in [0.25, 0.3) is 0 Å². The van der Waals surface area contributed by atoms with Gasteiger partial charge in [-0.3, -0.25) is 9.89 Å². The normalized spacial score (nSPS) is 15.5. The highest BCUT2D eigenvalue weighted by molar-refractivity contribution is 14.0. The Bertz CT molecular complexity index is 696. The number of benzene rings is 1. The van der Waals surface area contributed by atoms with Crippen LogP contribution in [0.4, 0.5) is 0 Å². The standard InChI is InChI=1S/C20H29N5O.HI/c1-3-21-20(22-9-7-18-6-4-5-17(2)15-18)25-12-10-24(11-13-25)16-19-8-14-26-23-19;/h4-6,8,14-15H,3,7,9-13,16H2,1-2H3,(H,21,22);1H. The molecule has 2 aromatic rings. The molecule has 0 saturated carbocycles. The molecular weight excluding hydrogens is 453 g/mol. The predicted molar refractivity (Wildman–Crippen MR) is 120 cm³/mol. The van der Waals surface area contributed by atoms with Crippen LogP contribution in [0.3, 0.4) is 0 Å². The van der Waals surface area contributed by atoms with Crippen LogP contribution in [0.2, 0.25) is 0 Å². The molecule has 1 aliphatic rings. The summed E-state index contributed by atoms with van der Waals surface area (Å²) in [5.41, 5.74) is 3.65. The lowest BCUT2D eigenvalue weighted by Crippen LogP contribution is -2.52. The first-order chi connectivity index (χ1) is 12.7. The lowest BCUT2D eigenvalue weighted by atomic mass is 10.1. The maximum Gasteiger partial charge on any atom is 0.194 e. The molecule has 2 heterocycles. The van der Waals surface area contributed by atoms with Crippen molar-refractivity contribution in [2.75, 3.05) is 39.3 Å². The number of hydrogen-bond acceptors (Lipinski definition) is 4. The average molecular weight is 483 g/mol. The second-order valence-corrected chi connectivity index (χ2v) is 6.73. The Balaban J connectivity index is 0.00000261. The molecule has 1 aromatic heterocycles. The molecule has 1 N–H and O–H groups in total. The van der Waals surface area contributed by atoms with Crippen LogP contribution in [0.25, 0.3) is 0 Å². The number of aromatic nitrogens is 1. The van der Waals surface area contributed by atoms with Gasteiger partial charge < -0.3 is 14.7 Å². The summed E-state index contributed by atoms with van der Waals surface area (Å²) >= 11 is 0. The third-order valence-electron chi connectivity index (χ3n) is 4.63. The minimum Gasteiger partial charge on any atom is -0.364 e. The topological polar surface area (TPSA) is 56.9 Å². The van der Waals surface area contributed by atoms with Crippen molar-refractivity contribution in [3.63, 3.8) is 0 Å². The van der Waals surface area contributed by atoms with Crippen molar-refractivity contribution in [3.8, 4) is 0 Å². The number of aliphatic imine (C=N–C) groups is 1. The van der Waals surface area contributed by atoms with Crippen molar-refractivity contribution >= 4 is 29.9 Å². The Hall–Kier alpha value is -1.61. The summed E-state index contributed by atoms with van der Waals surface area (Å²) in [5, 5.41) is 7.44. The van der Waals surface area contributed by atoms with E-state index in [1.807, 2.05) is 6.07 Å². The van der Waals surface area contributed by atoms with Crippen molar-refractivity contribution in [3.05, 3.63) is 53.4 Å². The Morgan fingerprint density at radius 1 is 1.22 bits per heavy atom. The van der Waals surface area contributed by atoms with E-state index in [4.69, 9.17) is 9.52 Å². The quantitative estimate of drug-likeness (QED) is 0.389.